The first-order valence-corrected chi connectivity index (χ1v) is 5.32. The van der Waals surface area contributed by atoms with Gasteiger partial charge in [0.2, 0.25) is 0 Å². The summed E-state index contributed by atoms with van der Waals surface area (Å²) < 4.78 is 1.97. The maximum atomic E-state index is 11.4. The van der Waals surface area contributed by atoms with Gasteiger partial charge in [0.05, 0.1) is 17.3 Å². The van der Waals surface area contributed by atoms with Crippen molar-refractivity contribution in [3.05, 3.63) is 23.5 Å². The highest BCUT2D eigenvalue weighted by Gasteiger charge is 2.15. The van der Waals surface area contributed by atoms with Crippen LogP contribution >= 0.6 is 0 Å². The van der Waals surface area contributed by atoms with Crippen LogP contribution < -0.4 is 0 Å². The van der Waals surface area contributed by atoms with Crippen LogP contribution in [0.15, 0.2) is 12.3 Å². The molecular weight excluding hydrogens is 202 g/mol. The first-order valence-electron chi connectivity index (χ1n) is 5.32. The Morgan fingerprint density at radius 3 is 2.69 bits per heavy atom. The van der Waals surface area contributed by atoms with Crippen molar-refractivity contribution in [2.45, 2.75) is 33.7 Å². The molecule has 0 aliphatic carbocycles. The van der Waals surface area contributed by atoms with Crippen molar-refractivity contribution in [3.63, 3.8) is 0 Å². The summed E-state index contributed by atoms with van der Waals surface area (Å²) >= 11 is 0. The number of ketones is 1. The number of hydrogen-bond donors (Lipinski definition) is 0. The second-order valence-electron chi connectivity index (χ2n) is 4.23. The van der Waals surface area contributed by atoms with Gasteiger partial charge in [-0.15, -0.1) is 5.10 Å². The molecule has 2 heterocycles. The van der Waals surface area contributed by atoms with Gasteiger partial charge in [-0.2, -0.15) is 5.10 Å². The van der Waals surface area contributed by atoms with Gasteiger partial charge in [0, 0.05) is 6.20 Å². The minimum Gasteiger partial charge on any atom is -0.336 e. The molecule has 0 saturated carbocycles. The molecule has 1 atom stereocenters. The van der Waals surface area contributed by atoms with Crippen LogP contribution in [0.5, 0.6) is 0 Å². The SMILES string of the molecule is CC(=O)[C@H](C)n1cc(C)c2nnc(C)cc21. The molecule has 0 spiro atoms. The lowest BCUT2D eigenvalue weighted by Gasteiger charge is -2.11. The van der Waals surface area contributed by atoms with Crippen LogP contribution in [0.4, 0.5) is 0 Å². The zero-order valence-electron chi connectivity index (χ0n) is 9.98. The van der Waals surface area contributed by atoms with E-state index in [1.807, 2.05) is 37.6 Å². The Morgan fingerprint density at radius 2 is 2.06 bits per heavy atom. The summed E-state index contributed by atoms with van der Waals surface area (Å²) in [5.74, 6) is 0.145. The topological polar surface area (TPSA) is 47.8 Å². The minimum atomic E-state index is -0.153. The summed E-state index contributed by atoms with van der Waals surface area (Å²) in [6.45, 7) is 7.39. The molecule has 4 heteroatoms. The Kier molecular flexibility index (Phi) is 2.50. The van der Waals surface area contributed by atoms with Crippen LogP contribution in [0.1, 0.15) is 31.1 Å². The third-order valence-corrected chi connectivity index (χ3v) is 2.89. The van der Waals surface area contributed by atoms with Crippen molar-refractivity contribution < 1.29 is 4.79 Å². The standard InChI is InChI=1S/C12H15N3O/c1-7-6-15(9(3)10(4)16)11-5-8(2)13-14-12(7)11/h5-6,9H,1-4H3/t9-/m0/s1. The lowest BCUT2D eigenvalue weighted by Crippen LogP contribution is -2.12. The van der Waals surface area contributed by atoms with Gasteiger partial charge in [0.25, 0.3) is 0 Å². The van der Waals surface area contributed by atoms with Crippen LogP contribution in [-0.4, -0.2) is 20.5 Å². The third-order valence-electron chi connectivity index (χ3n) is 2.89. The van der Waals surface area contributed by atoms with Crippen LogP contribution in [0, 0.1) is 13.8 Å². The fraction of sp³-hybridized carbons (Fsp3) is 0.417. The quantitative estimate of drug-likeness (QED) is 0.774. The first-order chi connectivity index (χ1) is 7.50. The molecule has 16 heavy (non-hydrogen) atoms. The predicted octanol–water partition coefficient (Wildman–Crippen LogP) is 2.20. The van der Waals surface area contributed by atoms with Crippen molar-refractivity contribution in [3.8, 4) is 0 Å². The lowest BCUT2D eigenvalue weighted by molar-refractivity contribution is -0.119. The van der Waals surface area contributed by atoms with Gasteiger partial charge < -0.3 is 4.57 Å². The number of aromatic nitrogens is 3. The first kappa shape index (κ1) is 10.8. The Labute approximate surface area is 94.3 Å². The number of rotatable bonds is 2. The van der Waals surface area contributed by atoms with Gasteiger partial charge in [-0.25, -0.2) is 0 Å². The van der Waals surface area contributed by atoms with Crippen molar-refractivity contribution >= 4 is 16.8 Å². The molecule has 0 aliphatic rings. The zero-order valence-corrected chi connectivity index (χ0v) is 9.98. The molecule has 2 aromatic rings. The molecule has 0 unspecified atom stereocenters. The molecule has 0 fully saturated rings. The van der Waals surface area contributed by atoms with E-state index >= 15 is 0 Å². The number of hydrogen-bond acceptors (Lipinski definition) is 3. The number of carbonyl (C=O) groups excluding carboxylic acids is 1. The fourth-order valence-corrected chi connectivity index (χ4v) is 1.81. The maximum Gasteiger partial charge on any atom is 0.152 e. The fourth-order valence-electron chi connectivity index (χ4n) is 1.81. The molecule has 2 aromatic heterocycles. The Hall–Kier alpha value is -1.71. The summed E-state index contributed by atoms with van der Waals surface area (Å²) in [5.41, 5.74) is 3.77. The average Bonchev–Trinajstić information content (AvgIpc) is 2.54. The Morgan fingerprint density at radius 1 is 1.38 bits per heavy atom. The van der Waals surface area contributed by atoms with Crippen LogP contribution in [0.25, 0.3) is 11.0 Å². The number of fused-ring (bicyclic) bond motifs is 1. The second kappa shape index (κ2) is 3.70. The molecule has 0 bridgehead atoms. The van der Waals surface area contributed by atoms with Gasteiger partial charge in [-0.1, -0.05) is 0 Å². The van der Waals surface area contributed by atoms with Crippen LogP contribution in [-0.2, 0) is 4.79 Å². The highest BCUT2D eigenvalue weighted by atomic mass is 16.1. The molecule has 0 saturated heterocycles. The van der Waals surface area contributed by atoms with Gasteiger partial charge in [-0.05, 0) is 39.3 Å². The van der Waals surface area contributed by atoms with Crippen molar-refractivity contribution in [2.24, 2.45) is 0 Å². The number of Topliss-reactive ketones (excluding diaryl/α,β-unsaturated/α-hetero) is 1. The normalized spacial score (nSPS) is 13.0. The van der Waals surface area contributed by atoms with Crippen molar-refractivity contribution in [1.29, 1.82) is 0 Å². The van der Waals surface area contributed by atoms with E-state index in [4.69, 9.17) is 0 Å². The molecule has 4 nitrogen and oxygen atoms in total. The van der Waals surface area contributed by atoms with Crippen molar-refractivity contribution in [2.75, 3.05) is 0 Å². The van der Waals surface area contributed by atoms with Gasteiger partial charge in [0.15, 0.2) is 5.78 Å². The van der Waals surface area contributed by atoms with E-state index < -0.39 is 0 Å². The molecule has 2 rings (SSSR count). The maximum absolute atomic E-state index is 11.4. The Balaban J connectivity index is 2.70. The van der Waals surface area contributed by atoms with E-state index in [0.717, 1.165) is 22.3 Å². The average molecular weight is 217 g/mol. The van der Waals surface area contributed by atoms with E-state index in [1.54, 1.807) is 6.92 Å². The summed E-state index contributed by atoms with van der Waals surface area (Å²) in [7, 11) is 0. The minimum absolute atomic E-state index is 0.145. The molecular formula is C12H15N3O. The summed E-state index contributed by atoms with van der Waals surface area (Å²) in [6, 6.07) is 1.81. The molecule has 0 aliphatic heterocycles. The smallest absolute Gasteiger partial charge is 0.152 e. The van der Waals surface area contributed by atoms with E-state index in [0.29, 0.717) is 0 Å². The number of nitrogens with zero attached hydrogens (tertiary/aromatic N) is 3. The highest BCUT2D eigenvalue weighted by molar-refractivity contribution is 5.85. The highest BCUT2D eigenvalue weighted by Crippen LogP contribution is 2.22. The van der Waals surface area contributed by atoms with Crippen LogP contribution in [0.2, 0.25) is 0 Å². The van der Waals surface area contributed by atoms with E-state index in [-0.39, 0.29) is 11.8 Å². The summed E-state index contributed by atoms with van der Waals surface area (Å²) in [5, 5.41) is 8.20. The predicted molar refractivity (Wildman–Crippen MR) is 62.4 cm³/mol. The molecule has 0 N–H and O–H groups in total. The molecule has 0 amide bonds. The number of carbonyl (C=O) groups is 1. The van der Waals surface area contributed by atoms with Gasteiger partial charge >= 0.3 is 0 Å². The summed E-state index contributed by atoms with van der Waals surface area (Å²) in [6.07, 6.45) is 1.96. The monoisotopic (exact) mass is 217 g/mol. The Bertz CT molecular complexity index is 557. The van der Waals surface area contributed by atoms with E-state index in [9.17, 15) is 4.79 Å². The zero-order chi connectivity index (χ0) is 11.9. The van der Waals surface area contributed by atoms with E-state index in [1.165, 1.54) is 0 Å². The van der Waals surface area contributed by atoms with Crippen molar-refractivity contribution in [1.82, 2.24) is 14.8 Å². The largest absolute Gasteiger partial charge is 0.336 e. The van der Waals surface area contributed by atoms with Gasteiger partial charge in [-0.3, -0.25) is 4.79 Å². The molecule has 84 valence electrons. The van der Waals surface area contributed by atoms with Crippen LogP contribution in [0.3, 0.4) is 0 Å². The third kappa shape index (κ3) is 1.60. The number of aryl methyl sites for hydroxylation is 2. The molecule has 0 aromatic carbocycles. The van der Waals surface area contributed by atoms with Gasteiger partial charge in [0.1, 0.15) is 5.52 Å². The summed E-state index contributed by atoms with van der Waals surface area (Å²) in [4.78, 5) is 11.4. The lowest BCUT2D eigenvalue weighted by atomic mass is 10.2. The second-order valence-corrected chi connectivity index (χ2v) is 4.23. The van der Waals surface area contributed by atoms with E-state index in [2.05, 4.69) is 10.2 Å². The molecule has 0 radical (unpaired) electrons.